The fourth-order valence-corrected chi connectivity index (χ4v) is 13.1. The SMILES string of the molecule is CC(=O)O[C@@H]1[C@@H](N)[C@@H](OCc2ccccc2)O[C@H](CN(C[C@H]2O[C@H](OCc3ccccc3)[C@H](N)[C@@H](OC(C)=O)[C@@H]2OC(C)=O)C(=O)c2cccc(C(=O)N(C[C@H]3O[C@H](OCc4ccccc4)[C@H](N)[C@@H](OC(C)=O)[C@@H]3OC(C)=O)C[C@H]3O[C@H](OCc4ccccc4)[C@H](N)[C@@H](OC(C)=O)[C@@H]3OC(C)=O)c2)[C@H]1OC(C)=O. The van der Waals surface area contributed by atoms with Gasteiger partial charge in [-0.25, -0.2) is 0 Å². The topological polar surface area (TPSA) is 429 Å². The van der Waals surface area contributed by atoms with Gasteiger partial charge in [-0.05, 0) is 40.5 Å². The predicted octanol–water partition coefficient (Wildman–Crippen LogP) is 3.10. The minimum absolute atomic E-state index is 0.111. The minimum atomic E-state index is -1.61. The molecule has 108 heavy (non-hydrogen) atoms. The molecule has 0 radical (unpaired) electrons. The second-order valence-corrected chi connectivity index (χ2v) is 26.3. The van der Waals surface area contributed by atoms with E-state index in [1.54, 1.807) is 121 Å². The van der Waals surface area contributed by atoms with Gasteiger partial charge in [-0.3, -0.25) is 47.9 Å². The fourth-order valence-electron chi connectivity index (χ4n) is 13.1. The average Bonchev–Trinajstić information content (AvgIpc) is 0.782. The predicted molar refractivity (Wildman–Crippen MR) is 374 cm³/mol. The molecular formula is C76H92N6O26. The molecule has 5 aromatic carbocycles. The fraction of sp³-hybridized carbons (Fsp3) is 0.474. The molecule has 0 aliphatic carbocycles. The van der Waals surface area contributed by atoms with Crippen molar-refractivity contribution in [3.63, 3.8) is 0 Å². The molecule has 4 saturated heterocycles. The normalized spacial score (nSPS) is 28.1. The molecule has 0 bridgehead atoms. The lowest BCUT2D eigenvalue weighted by Gasteiger charge is -2.47. The van der Waals surface area contributed by atoms with E-state index in [1.807, 2.05) is 0 Å². The zero-order chi connectivity index (χ0) is 77.9. The van der Waals surface area contributed by atoms with Crippen LogP contribution in [0, 0.1) is 0 Å². The Morgan fingerprint density at radius 3 is 0.676 bits per heavy atom. The maximum Gasteiger partial charge on any atom is 0.303 e. The van der Waals surface area contributed by atoms with E-state index in [4.69, 9.17) is 98.7 Å². The number of rotatable bonds is 30. The number of nitrogens with two attached hydrogens (primary N) is 4. The Morgan fingerprint density at radius 2 is 0.481 bits per heavy atom. The van der Waals surface area contributed by atoms with Gasteiger partial charge in [0.25, 0.3) is 11.8 Å². The van der Waals surface area contributed by atoms with Crippen molar-refractivity contribution in [2.24, 2.45) is 22.9 Å². The van der Waals surface area contributed by atoms with E-state index in [2.05, 4.69) is 0 Å². The second kappa shape index (κ2) is 38.9. The third-order valence-electron chi connectivity index (χ3n) is 17.7. The lowest BCUT2D eigenvalue weighted by molar-refractivity contribution is -0.279. The summed E-state index contributed by atoms with van der Waals surface area (Å²) in [6, 6.07) is 35.3. The summed E-state index contributed by atoms with van der Waals surface area (Å²) in [6.45, 7) is 5.60. The monoisotopic (exact) mass is 1500 g/mol. The van der Waals surface area contributed by atoms with Gasteiger partial charge in [0.15, 0.2) is 74.0 Å². The number of amides is 2. The molecule has 4 fully saturated rings. The average molecular weight is 1510 g/mol. The first-order chi connectivity index (χ1) is 51.6. The lowest BCUT2D eigenvalue weighted by Crippen LogP contribution is -2.67. The quantitative estimate of drug-likeness (QED) is 0.0379. The van der Waals surface area contributed by atoms with Crippen molar-refractivity contribution in [1.29, 1.82) is 0 Å². The van der Waals surface area contributed by atoms with Gasteiger partial charge in [0.1, 0.15) is 24.4 Å². The van der Waals surface area contributed by atoms with Crippen LogP contribution in [0.3, 0.4) is 0 Å². The van der Waals surface area contributed by atoms with Gasteiger partial charge < -0.3 is 109 Å². The van der Waals surface area contributed by atoms with Gasteiger partial charge in [0.05, 0.1) is 76.8 Å². The molecule has 0 saturated carbocycles. The molecule has 0 spiro atoms. The summed E-state index contributed by atoms with van der Waals surface area (Å²) in [4.78, 5) is 140. The van der Waals surface area contributed by atoms with Crippen LogP contribution in [0.4, 0.5) is 0 Å². The van der Waals surface area contributed by atoms with Gasteiger partial charge in [-0.2, -0.15) is 0 Å². The highest BCUT2D eigenvalue weighted by atomic mass is 16.7. The molecule has 582 valence electrons. The highest BCUT2D eigenvalue weighted by molar-refractivity contribution is 6.00. The van der Waals surface area contributed by atoms with E-state index in [1.165, 1.54) is 24.3 Å². The Kier molecular flexibility index (Phi) is 29.7. The van der Waals surface area contributed by atoms with Gasteiger partial charge in [-0.1, -0.05) is 127 Å². The molecule has 9 rings (SSSR count). The molecule has 4 aliphatic rings. The van der Waals surface area contributed by atoms with Crippen LogP contribution < -0.4 is 22.9 Å². The maximum absolute atomic E-state index is 16.3. The molecule has 8 N–H and O–H groups in total. The number of hydrogen-bond donors (Lipinski definition) is 4. The Balaban J connectivity index is 1.18. The van der Waals surface area contributed by atoms with Gasteiger partial charge in [0, 0.05) is 66.5 Å². The molecule has 32 heteroatoms. The summed E-state index contributed by atoms with van der Waals surface area (Å²) < 4.78 is 98.5. The Labute approximate surface area is 623 Å². The van der Waals surface area contributed by atoms with E-state index in [0.717, 1.165) is 65.2 Å². The molecular weight excluding hydrogens is 1410 g/mol. The Morgan fingerprint density at radius 1 is 0.287 bits per heavy atom. The van der Waals surface area contributed by atoms with Crippen molar-refractivity contribution in [3.8, 4) is 0 Å². The first-order valence-corrected chi connectivity index (χ1v) is 34.9. The van der Waals surface area contributed by atoms with E-state index < -0.39 is 208 Å². The summed E-state index contributed by atoms with van der Waals surface area (Å²) in [6.07, 6.45) is -24.6. The molecule has 32 nitrogen and oxygen atoms in total. The highest BCUT2D eigenvalue weighted by Gasteiger charge is 2.55. The smallest absolute Gasteiger partial charge is 0.303 e. The second-order valence-electron chi connectivity index (χ2n) is 26.3. The number of carbonyl (C=O) groups excluding carboxylic acids is 10. The summed E-state index contributed by atoms with van der Waals surface area (Å²) in [5, 5.41) is 0. The first kappa shape index (κ1) is 82.4. The lowest BCUT2D eigenvalue weighted by atomic mass is 9.94. The maximum atomic E-state index is 16.3. The van der Waals surface area contributed by atoms with Crippen LogP contribution in [0.1, 0.15) is 98.4 Å². The van der Waals surface area contributed by atoms with Crippen molar-refractivity contribution < 1.29 is 124 Å². The minimum Gasteiger partial charge on any atom is -0.457 e. The van der Waals surface area contributed by atoms with Crippen LogP contribution in [-0.4, -0.2) is 218 Å². The molecule has 2 amide bonds. The van der Waals surface area contributed by atoms with Crippen molar-refractivity contribution in [2.45, 2.75) is 204 Å². The summed E-state index contributed by atoms with van der Waals surface area (Å²) in [5.41, 5.74) is 29.4. The Hall–Kier alpha value is -9.68. The summed E-state index contributed by atoms with van der Waals surface area (Å²) >= 11 is 0. The summed E-state index contributed by atoms with van der Waals surface area (Å²) in [5.74, 6) is -8.91. The van der Waals surface area contributed by atoms with Gasteiger partial charge in [-0.15, -0.1) is 0 Å². The number of benzene rings is 5. The van der Waals surface area contributed by atoms with Crippen LogP contribution in [0.2, 0.25) is 0 Å². The molecule has 4 aliphatic heterocycles. The largest absolute Gasteiger partial charge is 0.457 e. The van der Waals surface area contributed by atoms with Crippen molar-refractivity contribution in [3.05, 3.63) is 179 Å². The zero-order valence-corrected chi connectivity index (χ0v) is 60.9. The summed E-state index contributed by atoms with van der Waals surface area (Å²) in [7, 11) is 0. The third kappa shape index (κ3) is 22.7. The molecule has 0 unspecified atom stereocenters. The van der Waals surface area contributed by atoms with Crippen molar-refractivity contribution >= 4 is 59.6 Å². The van der Waals surface area contributed by atoms with Crippen LogP contribution >= 0.6 is 0 Å². The zero-order valence-electron chi connectivity index (χ0n) is 60.9. The van der Waals surface area contributed by atoms with Gasteiger partial charge >= 0.3 is 47.8 Å². The van der Waals surface area contributed by atoms with E-state index in [-0.39, 0.29) is 37.6 Å². The van der Waals surface area contributed by atoms with Crippen LogP contribution in [0.5, 0.6) is 0 Å². The van der Waals surface area contributed by atoms with Crippen LogP contribution in [0.25, 0.3) is 0 Å². The number of esters is 8. The van der Waals surface area contributed by atoms with E-state index in [0.29, 0.717) is 22.3 Å². The van der Waals surface area contributed by atoms with E-state index in [9.17, 15) is 38.4 Å². The highest BCUT2D eigenvalue weighted by Crippen LogP contribution is 2.35. The van der Waals surface area contributed by atoms with Crippen LogP contribution in [0.15, 0.2) is 146 Å². The first-order valence-electron chi connectivity index (χ1n) is 34.9. The molecule has 5 aromatic rings. The standard InChI is InChI=1S/C76H92N6O26/c1-41(83)97-63-55(105-73(59(77)67(63)101-45(5)87)93-37-49-22-13-9-14-23-49)33-81(34-56-64(98-42(2)84)68(102-46(6)88)60(78)74(106-56)94-38-50-24-15-10-16-25-50)71(91)53-30-21-31-54(32-53)72(92)82(35-57-65(99-43(3)85)69(103-47(7)89)61(79)75(107-57)95-39-51-26-17-11-18-27-51)36-58-66(100-44(4)86)70(104-48(8)90)62(80)76(108-58)96-40-52-28-19-12-20-29-52/h9-32,55-70,73-76H,33-40,77-80H2,1-8H3/t55-,56-,57-,58-,59-,60-,61-,62-,63-,64-,65-,66-,67-,68-,69-,70-,73+,74+,75+,76+/m1/s1. The number of ether oxygens (including phenoxy) is 16. The molecule has 4 heterocycles. The number of nitrogens with zero attached hydrogens (tertiary/aromatic N) is 2. The van der Waals surface area contributed by atoms with Crippen molar-refractivity contribution in [2.75, 3.05) is 26.2 Å². The molecule has 20 atom stereocenters. The number of hydrogen-bond acceptors (Lipinski definition) is 30. The van der Waals surface area contributed by atoms with E-state index >= 15 is 9.59 Å². The third-order valence-corrected chi connectivity index (χ3v) is 17.7. The molecule has 0 aromatic heterocycles. The van der Waals surface area contributed by atoms with Crippen molar-refractivity contribution in [1.82, 2.24) is 9.80 Å². The Bertz CT molecular complexity index is 3410. The van der Waals surface area contributed by atoms with Gasteiger partial charge in [0.2, 0.25) is 0 Å². The van der Waals surface area contributed by atoms with Crippen LogP contribution in [-0.2, 0) is 141 Å². The number of carbonyl (C=O) groups is 10.